The molecule has 0 aromatic heterocycles. The van der Waals surface area contributed by atoms with Crippen LogP contribution in [0.25, 0.3) is 0 Å². The van der Waals surface area contributed by atoms with E-state index in [2.05, 4.69) is 19.9 Å². The number of hydrogen-bond acceptors (Lipinski definition) is 2. The Bertz CT molecular complexity index is 470. The van der Waals surface area contributed by atoms with Crippen LogP contribution in [-0.2, 0) is 0 Å². The minimum absolute atomic E-state index is 0.0682. The lowest BCUT2D eigenvalue weighted by Crippen LogP contribution is -2.51. The van der Waals surface area contributed by atoms with Crippen LogP contribution >= 0.6 is 0 Å². The zero-order valence-electron chi connectivity index (χ0n) is 13.5. The van der Waals surface area contributed by atoms with Crippen LogP contribution in [0, 0.1) is 28.6 Å². The van der Waals surface area contributed by atoms with Gasteiger partial charge >= 0.3 is 0 Å². The maximum absolute atomic E-state index is 10.5. The highest BCUT2D eigenvalue weighted by Crippen LogP contribution is 2.65. The second kappa shape index (κ2) is 4.58. The average Bonchev–Trinajstić information content (AvgIpc) is 2.76. The standard InChI is InChI=1S/C19H30O2/c1-18-9-7-13(20)11-12(18)3-4-14-15-5-6-17(21)19(15,2)10-8-16(14)18/h11,13-17,20-21H,3-10H2,1-2H3/t13-,14-,15+,16+,17-,18+,19+/m1/s1. The smallest absolute Gasteiger partial charge is 0.0724 e. The molecular formula is C19H30O2. The van der Waals surface area contributed by atoms with E-state index in [0.29, 0.717) is 5.41 Å². The predicted octanol–water partition coefficient (Wildman–Crippen LogP) is 3.67. The first-order chi connectivity index (χ1) is 9.95. The summed E-state index contributed by atoms with van der Waals surface area (Å²) < 4.78 is 0. The summed E-state index contributed by atoms with van der Waals surface area (Å²) in [5.41, 5.74) is 2.06. The van der Waals surface area contributed by atoms with Crippen molar-refractivity contribution in [2.45, 2.75) is 77.4 Å². The molecule has 0 saturated heterocycles. The molecule has 2 N–H and O–H groups in total. The Hall–Kier alpha value is -0.340. The van der Waals surface area contributed by atoms with Gasteiger partial charge in [0.2, 0.25) is 0 Å². The zero-order valence-corrected chi connectivity index (χ0v) is 13.5. The van der Waals surface area contributed by atoms with E-state index >= 15 is 0 Å². The van der Waals surface area contributed by atoms with Crippen LogP contribution in [0.4, 0.5) is 0 Å². The molecule has 3 fully saturated rings. The fourth-order valence-corrected chi connectivity index (χ4v) is 6.68. The lowest BCUT2D eigenvalue weighted by atomic mass is 9.47. The SMILES string of the molecule is C[C@]12CC[C@H]3[C@H](CCC4=C[C@H](O)CC[C@@]43C)[C@@H]1CC[C@H]2O. The molecule has 4 aliphatic carbocycles. The number of rotatable bonds is 0. The molecule has 0 heterocycles. The van der Waals surface area contributed by atoms with Gasteiger partial charge in [-0.2, -0.15) is 0 Å². The highest BCUT2D eigenvalue weighted by atomic mass is 16.3. The Kier molecular flexibility index (Phi) is 3.11. The van der Waals surface area contributed by atoms with E-state index < -0.39 is 0 Å². The first-order valence-corrected chi connectivity index (χ1v) is 9.02. The molecule has 0 aromatic carbocycles. The van der Waals surface area contributed by atoms with Gasteiger partial charge in [-0.25, -0.2) is 0 Å². The first-order valence-electron chi connectivity index (χ1n) is 9.02. The molecule has 0 amide bonds. The van der Waals surface area contributed by atoms with Gasteiger partial charge < -0.3 is 10.2 Å². The Morgan fingerprint density at radius 3 is 2.57 bits per heavy atom. The Morgan fingerprint density at radius 1 is 0.952 bits per heavy atom. The largest absolute Gasteiger partial charge is 0.393 e. The normalized spacial score (nSPS) is 56.2. The van der Waals surface area contributed by atoms with E-state index in [9.17, 15) is 10.2 Å². The number of aliphatic hydroxyl groups is 2. The fraction of sp³-hybridized carbons (Fsp3) is 0.895. The van der Waals surface area contributed by atoms with Crippen molar-refractivity contribution in [3.63, 3.8) is 0 Å². The lowest BCUT2D eigenvalue weighted by Gasteiger charge is -2.58. The molecule has 0 aliphatic heterocycles. The van der Waals surface area contributed by atoms with E-state index in [1.807, 2.05) is 0 Å². The molecule has 3 saturated carbocycles. The molecule has 0 aromatic rings. The second-order valence-electron chi connectivity index (χ2n) is 8.77. The van der Waals surface area contributed by atoms with Gasteiger partial charge in [0.25, 0.3) is 0 Å². The van der Waals surface area contributed by atoms with Gasteiger partial charge in [0.05, 0.1) is 12.2 Å². The molecular weight excluding hydrogens is 260 g/mol. The van der Waals surface area contributed by atoms with Crippen LogP contribution in [0.3, 0.4) is 0 Å². The monoisotopic (exact) mass is 290 g/mol. The third kappa shape index (κ3) is 1.84. The minimum atomic E-state index is -0.202. The number of allylic oxidation sites excluding steroid dienone is 1. The van der Waals surface area contributed by atoms with Crippen LogP contribution in [0.2, 0.25) is 0 Å². The Balaban J connectivity index is 1.67. The molecule has 118 valence electrons. The summed E-state index contributed by atoms with van der Waals surface area (Å²) in [5.74, 6) is 2.32. The first kappa shape index (κ1) is 14.3. The second-order valence-corrected chi connectivity index (χ2v) is 8.77. The Morgan fingerprint density at radius 2 is 1.76 bits per heavy atom. The van der Waals surface area contributed by atoms with Gasteiger partial charge in [-0.15, -0.1) is 0 Å². The summed E-state index contributed by atoms with van der Waals surface area (Å²) >= 11 is 0. The van der Waals surface area contributed by atoms with Crippen LogP contribution in [0.5, 0.6) is 0 Å². The molecule has 0 spiro atoms. The van der Waals surface area contributed by atoms with Gasteiger partial charge in [-0.05, 0) is 80.0 Å². The van der Waals surface area contributed by atoms with Gasteiger partial charge in [0, 0.05) is 0 Å². The summed E-state index contributed by atoms with van der Waals surface area (Å²) in [6.07, 6.45) is 11.2. The van der Waals surface area contributed by atoms with Gasteiger partial charge in [0.15, 0.2) is 0 Å². The van der Waals surface area contributed by atoms with E-state index in [0.717, 1.165) is 37.0 Å². The van der Waals surface area contributed by atoms with Crippen LogP contribution in [-0.4, -0.2) is 22.4 Å². The maximum Gasteiger partial charge on any atom is 0.0724 e. The van der Waals surface area contributed by atoms with Crippen molar-refractivity contribution in [2.24, 2.45) is 28.6 Å². The van der Waals surface area contributed by atoms with Crippen LogP contribution in [0.15, 0.2) is 11.6 Å². The van der Waals surface area contributed by atoms with Crippen LogP contribution < -0.4 is 0 Å². The third-order valence-corrected chi connectivity index (χ3v) is 8.04. The maximum atomic E-state index is 10.5. The number of fused-ring (bicyclic) bond motifs is 5. The zero-order chi connectivity index (χ0) is 14.8. The van der Waals surface area contributed by atoms with E-state index in [-0.39, 0.29) is 17.6 Å². The van der Waals surface area contributed by atoms with Crippen molar-refractivity contribution in [3.8, 4) is 0 Å². The molecule has 0 radical (unpaired) electrons. The van der Waals surface area contributed by atoms with Crippen molar-refractivity contribution >= 4 is 0 Å². The minimum Gasteiger partial charge on any atom is -0.393 e. The number of hydrogen-bond donors (Lipinski definition) is 2. The van der Waals surface area contributed by atoms with E-state index in [1.165, 1.54) is 32.1 Å². The van der Waals surface area contributed by atoms with Crippen LogP contribution in [0.1, 0.15) is 65.2 Å². The van der Waals surface area contributed by atoms with Crippen molar-refractivity contribution in [2.75, 3.05) is 0 Å². The summed E-state index contributed by atoms with van der Waals surface area (Å²) in [4.78, 5) is 0. The van der Waals surface area contributed by atoms with Crippen molar-refractivity contribution < 1.29 is 10.2 Å². The molecule has 4 aliphatic rings. The Labute approximate surface area is 128 Å². The highest BCUT2D eigenvalue weighted by molar-refractivity contribution is 5.25. The van der Waals surface area contributed by atoms with Crippen molar-refractivity contribution in [3.05, 3.63) is 11.6 Å². The lowest BCUT2D eigenvalue weighted by molar-refractivity contribution is -0.0761. The number of aliphatic hydroxyl groups excluding tert-OH is 2. The quantitative estimate of drug-likeness (QED) is 0.668. The summed E-state index contributed by atoms with van der Waals surface area (Å²) in [6.45, 7) is 4.82. The summed E-state index contributed by atoms with van der Waals surface area (Å²) in [7, 11) is 0. The summed E-state index contributed by atoms with van der Waals surface area (Å²) in [5, 5.41) is 20.4. The molecule has 0 unspecified atom stereocenters. The summed E-state index contributed by atoms with van der Waals surface area (Å²) in [6, 6.07) is 0. The molecule has 7 atom stereocenters. The molecule has 2 nitrogen and oxygen atoms in total. The topological polar surface area (TPSA) is 40.5 Å². The van der Waals surface area contributed by atoms with E-state index in [4.69, 9.17) is 0 Å². The van der Waals surface area contributed by atoms with Gasteiger partial charge in [-0.3, -0.25) is 0 Å². The van der Waals surface area contributed by atoms with Crippen molar-refractivity contribution in [1.29, 1.82) is 0 Å². The van der Waals surface area contributed by atoms with Gasteiger partial charge in [-0.1, -0.05) is 25.5 Å². The van der Waals surface area contributed by atoms with E-state index in [1.54, 1.807) is 5.57 Å². The fourth-order valence-electron chi connectivity index (χ4n) is 6.68. The predicted molar refractivity (Wildman–Crippen MR) is 83.7 cm³/mol. The molecule has 21 heavy (non-hydrogen) atoms. The molecule has 0 bridgehead atoms. The molecule has 2 heteroatoms. The third-order valence-electron chi connectivity index (χ3n) is 8.04. The highest BCUT2D eigenvalue weighted by Gasteiger charge is 2.58. The average molecular weight is 290 g/mol. The van der Waals surface area contributed by atoms with Gasteiger partial charge in [0.1, 0.15) is 0 Å². The molecule has 4 rings (SSSR count). The van der Waals surface area contributed by atoms with Crippen molar-refractivity contribution in [1.82, 2.24) is 0 Å².